The highest BCUT2D eigenvalue weighted by Crippen LogP contribution is 2.15. The van der Waals surface area contributed by atoms with Crippen LogP contribution in [0.4, 0.5) is 4.79 Å². The van der Waals surface area contributed by atoms with Crippen LogP contribution in [0.25, 0.3) is 0 Å². The van der Waals surface area contributed by atoms with Crippen molar-refractivity contribution >= 4 is 6.09 Å². The molecule has 2 saturated heterocycles. The molecule has 2 aliphatic heterocycles. The molecule has 0 aliphatic carbocycles. The van der Waals surface area contributed by atoms with Crippen molar-refractivity contribution in [3.8, 4) is 0 Å². The largest absolute Gasteiger partial charge is 0.448 e. The van der Waals surface area contributed by atoms with Crippen LogP contribution in [0.5, 0.6) is 0 Å². The molecule has 2 fully saturated rings. The van der Waals surface area contributed by atoms with Crippen molar-refractivity contribution in [2.24, 2.45) is 0 Å². The van der Waals surface area contributed by atoms with Crippen molar-refractivity contribution < 1.29 is 14.6 Å². The second-order valence-electron chi connectivity index (χ2n) is 6.17. The van der Waals surface area contributed by atoms with Gasteiger partial charge >= 0.3 is 6.09 Å². The summed E-state index contributed by atoms with van der Waals surface area (Å²) in [5.74, 6) is 0. The first-order valence-electron chi connectivity index (χ1n) is 8.32. The monoisotopic (exact) mass is 319 g/mol. The number of aliphatic hydroxyl groups is 1. The first-order chi connectivity index (χ1) is 11.2. The molecule has 0 aromatic heterocycles. The summed E-state index contributed by atoms with van der Waals surface area (Å²) in [5, 5.41) is 10.3. The van der Waals surface area contributed by atoms with Crippen molar-refractivity contribution in [3.63, 3.8) is 0 Å². The van der Waals surface area contributed by atoms with Gasteiger partial charge in [0.2, 0.25) is 0 Å². The molecule has 126 valence electrons. The van der Waals surface area contributed by atoms with Gasteiger partial charge < -0.3 is 14.7 Å². The SMILES string of the molecule is O=C1OCCN1CCN1CCN(C[C@H](O)c2ccccc2)CC1. The van der Waals surface area contributed by atoms with Crippen LogP contribution in [0.15, 0.2) is 30.3 Å². The molecule has 2 aliphatic rings. The molecule has 0 unspecified atom stereocenters. The Balaban J connectivity index is 1.37. The average molecular weight is 319 g/mol. The van der Waals surface area contributed by atoms with E-state index in [2.05, 4.69) is 9.80 Å². The third-order valence-electron chi connectivity index (χ3n) is 4.61. The van der Waals surface area contributed by atoms with Gasteiger partial charge in [0.25, 0.3) is 0 Å². The van der Waals surface area contributed by atoms with Gasteiger partial charge in [0.15, 0.2) is 0 Å². The number of aliphatic hydroxyl groups excluding tert-OH is 1. The number of benzene rings is 1. The fourth-order valence-electron chi connectivity index (χ4n) is 3.11. The Morgan fingerprint density at radius 1 is 1.00 bits per heavy atom. The van der Waals surface area contributed by atoms with Crippen molar-refractivity contribution in [1.29, 1.82) is 0 Å². The molecule has 1 amide bonds. The van der Waals surface area contributed by atoms with E-state index in [9.17, 15) is 9.90 Å². The van der Waals surface area contributed by atoms with E-state index in [1.54, 1.807) is 4.90 Å². The summed E-state index contributed by atoms with van der Waals surface area (Å²) in [7, 11) is 0. The lowest BCUT2D eigenvalue weighted by atomic mass is 10.1. The minimum atomic E-state index is -0.429. The zero-order valence-corrected chi connectivity index (χ0v) is 13.4. The fraction of sp³-hybridized carbons (Fsp3) is 0.588. The number of β-amino-alcohol motifs (C(OH)–C–C–N with tert-alkyl or cyclic N) is 1. The third kappa shape index (κ3) is 4.43. The number of cyclic esters (lactones) is 1. The molecule has 6 nitrogen and oxygen atoms in total. The van der Waals surface area contributed by atoms with E-state index < -0.39 is 6.10 Å². The van der Waals surface area contributed by atoms with E-state index in [0.717, 1.165) is 44.8 Å². The molecule has 0 radical (unpaired) electrons. The smallest absolute Gasteiger partial charge is 0.409 e. The minimum Gasteiger partial charge on any atom is -0.448 e. The Morgan fingerprint density at radius 3 is 2.35 bits per heavy atom. The zero-order chi connectivity index (χ0) is 16.1. The number of nitrogens with zero attached hydrogens (tertiary/aromatic N) is 3. The Bertz CT molecular complexity index is 503. The van der Waals surface area contributed by atoms with Gasteiger partial charge in [0.05, 0.1) is 12.6 Å². The van der Waals surface area contributed by atoms with Crippen LogP contribution >= 0.6 is 0 Å². The molecule has 0 bridgehead atoms. The summed E-state index contributed by atoms with van der Waals surface area (Å²) in [6.45, 7) is 7.40. The molecule has 2 heterocycles. The highest BCUT2D eigenvalue weighted by atomic mass is 16.6. The van der Waals surface area contributed by atoms with Gasteiger partial charge in [-0.2, -0.15) is 0 Å². The lowest BCUT2D eigenvalue weighted by Gasteiger charge is -2.36. The molecule has 1 aromatic rings. The summed E-state index contributed by atoms with van der Waals surface area (Å²) in [6, 6.07) is 9.82. The highest BCUT2D eigenvalue weighted by Gasteiger charge is 2.24. The van der Waals surface area contributed by atoms with Gasteiger partial charge in [-0.05, 0) is 5.56 Å². The van der Waals surface area contributed by atoms with E-state index in [-0.39, 0.29) is 6.09 Å². The summed E-state index contributed by atoms with van der Waals surface area (Å²) in [5.41, 5.74) is 0.975. The number of piperazine rings is 1. The molecule has 23 heavy (non-hydrogen) atoms. The van der Waals surface area contributed by atoms with Crippen molar-refractivity contribution in [2.45, 2.75) is 6.10 Å². The lowest BCUT2D eigenvalue weighted by Crippen LogP contribution is -2.49. The first-order valence-corrected chi connectivity index (χ1v) is 8.32. The molecule has 6 heteroatoms. The second-order valence-corrected chi connectivity index (χ2v) is 6.17. The number of ether oxygens (including phenoxy) is 1. The van der Waals surface area contributed by atoms with Crippen LogP contribution in [0.3, 0.4) is 0 Å². The van der Waals surface area contributed by atoms with Gasteiger partial charge in [-0.15, -0.1) is 0 Å². The van der Waals surface area contributed by atoms with Crippen molar-refractivity contribution in [3.05, 3.63) is 35.9 Å². The molecule has 1 atom stereocenters. The number of carbonyl (C=O) groups is 1. The number of amides is 1. The third-order valence-corrected chi connectivity index (χ3v) is 4.61. The fourth-order valence-corrected chi connectivity index (χ4v) is 3.11. The standard InChI is InChI=1S/C17H25N3O3/c21-16(15-4-2-1-3-5-15)14-19-8-6-18(7-9-19)10-11-20-12-13-23-17(20)22/h1-5,16,21H,6-14H2/t16-/m0/s1. The minimum absolute atomic E-state index is 0.186. The van der Waals surface area contributed by atoms with Crippen LogP contribution in [0, 0.1) is 0 Å². The maximum Gasteiger partial charge on any atom is 0.409 e. The molecule has 0 spiro atoms. The van der Waals surface area contributed by atoms with Crippen LogP contribution in [-0.4, -0.2) is 84.9 Å². The van der Waals surface area contributed by atoms with E-state index >= 15 is 0 Å². The molecule has 0 saturated carbocycles. The molecule has 3 rings (SSSR count). The van der Waals surface area contributed by atoms with Gasteiger partial charge in [0, 0.05) is 45.8 Å². The van der Waals surface area contributed by atoms with Crippen LogP contribution in [0.1, 0.15) is 11.7 Å². The summed E-state index contributed by atoms with van der Waals surface area (Å²) in [4.78, 5) is 17.8. The topological polar surface area (TPSA) is 56.2 Å². The summed E-state index contributed by atoms with van der Waals surface area (Å²) in [6.07, 6.45) is -0.614. The Labute approximate surface area is 137 Å². The Morgan fingerprint density at radius 2 is 1.70 bits per heavy atom. The average Bonchev–Trinajstić information content (AvgIpc) is 3.00. The van der Waals surface area contributed by atoms with Gasteiger partial charge in [-0.25, -0.2) is 4.79 Å². The molecular formula is C17H25N3O3. The van der Waals surface area contributed by atoms with Gasteiger partial charge in [-0.3, -0.25) is 9.80 Å². The quantitative estimate of drug-likeness (QED) is 0.840. The Kier molecular flexibility index (Phi) is 5.48. The zero-order valence-electron chi connectivity index (χ0n) is 13.4. The number of hydrogen-bond donors (Lipinski definition) is 1. The number of carbonyl (C=O) groups excluding carboxylic acids is 1. The van der Waals surface area contributed by atoms with Crippen LogP contribution in [0.2, 0.25) is 0 Å². The van der Waals surface area contributed by atoms with Crippen molar-refractivity contribution in [1.82, 2.24) is 14.7 Å². The maximum atomic E-state index is 11.4. The molecule has 1 N–H and O–H groups in total. The lowest BCUT2D eigenvalue weighted by molar-refractivity contribution is 0.0699. The highest BCUT2D eigenvalue weighted by molar-refractivity contribution is 5.69. The number of hydrogen-bond acceptors (Lipinski definition) is 5. The maximum absolute atomic E-state index is 11.4. The van der Waals surface area contributed by atoms with E-state index in [0.29, 0.717) is 19.7 Å². The predicted molar refractivity (Wildman–Crippen MR) is 87.2 cm³/mol. The summed E-state index contributed by atoms with van der Waals surface area (Å²) < 4.78 is 4.94. The van der Waals surface area contributed by atoms with Gasteiger partial charge in [0.1, 0.15) is 6.61 Å². The summed E-state index contributed by atoms with van der Waals surface area (Å²) >= 11 is 0. The Hall–Kier alpha value is -1.63. The first kappa shape index (κ1) is 16.2. The normalized spacial score (nSPS) is 21.4. The predicted octanol–water partition coefficient (Wildman–Crippen LogP) is 0.790. The van der Waals surface area contributed by atoms with Crippen LogP contribution < -0.4 is 0 Å². The van der Waals surface area contributed by atoms with E-state index in [1.807, 2.05) is 30.3 Å². The van der Waals surface area contributed by atoms with Crippen molar-refractivity contribution in [2.75, 3.05) is 59.0 Å². The van der Waals surface area contributed by atoms with Gasteiger partial charge in [-0.1, -0.05) is 30.3 Å². The molecular weight excluding hydrogens is 294 g/mol. The molecule has 1 aromatic carbocycles. The van der Waals surface area contributed by atoms with E-state index in [4.69, 9.17) is 4.74 Å². The second kappa shape index (κ2) is 7.77. The van der Waals surface area contributed by atoms with Crippen LogP contribution in [-0.2, 0) is 4.74 Å². The number of rotatable bonds is 6. The van der Waals surface area contributed by atoms with E-state index in [1.165, 1.54) is 0 Å².